The number of nitriles is 1. The van der Waals surface area contributed by atoms with Gasteiger partial charge in [-0.3, -0.25) is 0 Å². The smallest absolute Gasteiger partial charge is 0.333 e. The summed E-state index contributed by atoms with van der Waals surface area (Å²) in [5.74, 6) is 0.241. The molecule has 0 heterocycles. The number of carbonyl (C=O) groups excluding carboxylic acids is 1. The standard InChI is InChI=1S/C22H27N3O3/c1-5-16-8-11-20(28-13-12-25(2)3)19(14-16)21(22(26)27-4)24-18-9-6-17(15-23)7-10-18/h6-11,14,21,24H,5,12-13H2,1-4H3. The van der Waals surface area contributed by atoms with Gasteiger partial charge in [0.15, 0.2) is 6.04 Å². The summed E-state index contributed by atoms with van der Waals surface area (Å²) in [6.45, 7) is 3.34. The Morgan fingerprint density at radius 1 is 1.21 bits per heavy atom. The van der Waals surface area contributed by atoms with Crippen LogP contribution < -0.4 is 10.1 Å². The molecule has 0 aliphatic carbocycles. The van der Waals surface area contributed by atoms with Crippen molar-refractivity contribution in [1.82, 2.24) is 4.90 Å². The van der Waals surface area contributed by atoms with Crippen LogP contribution in [0.3, 0.4) is 0 Å². The Balaban J connectivity index is 2.36. The van der Waals surface area contributed by atoms with E-state index in [0.29, 0.717) is 17.9 Å². The van der Waals surface area contributed by atoms with Crippen molar-refractivity contribution < 1.29 is 14.3 Å². The third kappa shape index (κ3) is 5.73. The highest BCUT2D eigenvalue weighted by atomic mass is 16.5. The van der Waals surface area contributed by atoms with Crippen molar-refractivity contribution in [2.75, 3.05) is 39.7 Å². The van der Waals surface area contributed by atoms with E-state index in [4.69, 9.17) is 14.7 Å². The number of nitrogens with zero attached hydrogens (tertiary/aromatic N) is 2. The van der Waals surface area contributed by atoms with Gasteiger partial charge in [0.25, 0.3) is 0 Å². The van der Waals surface area contributed by atoms with Gasteiger partial charge in [0, 0.05) is 17.8 Å². The van der Waals surface area contributed by atoms with Gasteiger partial charge in [-0.05, 0) is 62.5 Å². The Bertz CT molecular complexity index is 826. The van der Waals surface area contributed by atoms with E-state index in [2.05, 4.69) is 18.3 Å². The number of benzene rings is 2. The highest BCUT2D eigenvalue weighted by Gasteiger charge is 2.25. The molecule has 0 fully saturated rings. The molecule has 0 bridgehead atoms. The van der Waals surface area contributed by atoms with Crippen molar-refractivity contribution in [3.8, 4) is 11.8 Å². The number of esters is 1. The number of aryl methyl sites for hydroxylation is 1. The van der Waals surface area contributed by atoms with Gasteiger partial charge in [-0.25, -0.2) is 4.79 Å². The maximum absolute atomic E-state index is 12.6. The van der Waals surface area contributed by atoms with Crippen molar-refractivity contribution in [1.29, 1.82) is 5.26 Å². The summed E-state index contributed by atoms with van der Waals surface area (Å²) >= 11 is 0. The zero-order valence-electron chi connectivity index (χ0n) is 16.9. The zero-order chi connectivity index (χ0) is 20.5. The molecule has 148 valence electrons. The quantitative estimate of drug-likeness (QED) is 0.671. The molecule has 28 heavy (non-hydrogen) atoms. The third-order valence-electron chi connectivity index (χ3n) is 4.35. The van der Waals surface area contributed by atoms with Gasteiger partial charge in [0.05, 0.1) is 18.7 Å². The monoisotopic (exact) mass is 381 g/mol. The molecule has 0 aliphatic heterocycles. The molecular weight excluding hydrogens is 354 g/mol. The summed E-state index contributed by atoms with van der Waals surface area (Å²) in [6, 6.07) is 14.2. The van der Waals surface area contributed by atoms with Gasteiger partial charge < -0.3 is 19.7 Å². The van der Waals surface area contributed by atoms with Crippen molar-refractivity contribution in [3.63, 3.8) is 0 Å². The molecule has 2 aromatic carbocycles. The minimum absolute atomic E-state index is 0.407. The van der Waals surface area contributed by atoms with Crippen LogP contribution >= 0.6 is 0 Å². The van der Waals surface area contributed by atoms with Crippen molar-refractivity contribution in [2.24, 2.45) is 0 Å². The third-order valence-corrected chi connectivity index (χ3v) is 4.35. The lowest BCUT2D eigenvalue weighted by Gasteiger charge is -2.22. The minimum Gasteiger partial charge on any atom is -0.492 e. The van der Waals surface area contributed by atoms with Gasteiger partial charge in [-0.1, -0.05) is 13.0 Å². The molecule has 1 atom stereocenters. The summed E-state index contributed by atoms with van der Waals surface area (Å²) in [4.78, 5) is 14.6. The molecule has 0 aliphatic rings. The van der Waals surface area contributed by atoms with Gasteiger partial charge in [0.2, 0.25) is 0 Å². The first-order valence-corrected chi connectivity index (χ1v) is 9.23. The SMILES string of the molecule is CCc1ccc(OCCN(C)C)c(C(Nc2ccc(C#N)cc2)C(=O)OC)c1. The van der Waals surface area contributed by atoms with Crippen LogP contribution in [0.25, 0.3) is 0 Å². The van der Waals surface area contributed by atoms with E-state index < -0.39 is 12.0 Å². The van der Waals surface area contributed by atoms with Crippen LogP contribution in [0.4, 0.5) is 5.69 Å². The maximum atomic E-state index is 12.6. The topological polar surface area (TPSA) is 74.6 Å². The van der Waals surface area contributed by atoms with Crippen LogP contribution in [0.5, 0.6) is 5.75 Å². The zero-order valence-corrected chi connectivity index (χ0v) is 16.9. The van der Waals surface area contributed by atoms with E-state index in [1.165, 1.54) is 7.11 Å². The first kappa shape index (κ1) is 21.3. The second-order valence-corrected chi connectivity index (χ2v) is 6.67. The number of methoxy groups -OCH3 is 1. The molecule has 0 amide bonds. The molecular formula is C22H27N3O3. The molecule has 1 unspecified atom stereocenters. The number of carbonyl (C=O) groups is 1. The van der Waals surface area contributed by atoms with E-state index in [1.807, 2.05) is 37.2 Å². The summed E-state index contributed by atoms with van der Waals surface area (Å²) in [6.07, 6.45) is 0.843. The average molecular weight is 381 g/mol. The Labute approximate surface area is 166 Å². The summed E-state index contributed by atoms with van der Waals surface area (Å²) in [7, 11) is 5.33. The molecule has 0 saturated heterocycles. The highest BCUT2D eigenvalue weighted by Crippen LogP contribution is 2.31. The normalized spacial score (nSPS) is 11.6. The van der Waals surface area contributed by atoms with Crippen LogP contribution in [0.2, 0.25) is 0 Å². The second kappa shape index (κ2) is 10.3. The minimum atomic E-state index is -0.723. The van der Waals surface area contributed by atoms with E-state index in [0.717, 1.165) is 29.8 Å². The molecule has 0 spiro atoms. The van der Waals surface area contributed by atoms with Crippen LogP contribution in [0, 0.1) is 11.3 Å². The molecule has 6 heteroatoms. The largest absolute Gasteiger partial charge is 0.492 e. The van der Waals surface area contributed by atoms with E-state index in [1.54, 1.807) is 24.3 Å². The molecule has 0 radical (unpaired) electrons. The molecule has 2 aromatic rings. The van der Waals surface area contributed by atoms with E-state index in [-0.39, 0.29) is 0 Å². The van der Waals surface area contributed by atoms with Crippen LogP contribution in [-0.2, 0) is 16.0 Å². The molecule has 1 N–H and O–H groups in total. The fourth-order valence-corrected chi connectivity index (χ4v) is 2.70. The summed E-state index contributed by atoms with van der Waals surface area (Å²) in [5, 5.41) is 12.2. The predicted octanol–water partition coefficient (Wildman–Crippen LogP) is 3.39. The highest BCUT2D eigenvalue weighted by molar-refractivity contribution is 5.82. The Morgan fingerprint density at radius 3 is 2.50 bits per heavy atom. The Hall–Kier alpha value is -3.04. The van der Waals surface area contributed by atoms with Crippen LogP contribution in [0.1, 0.15) is 29.7 Å². The number of anilines is 1. The predicted molar refractivity (Wildman–Crippen MR) is 109 cm³/mol. The van der Waals surface area contributed by atoms with Crippen LogP contribution in [0.15, 0.2) is 42.5 Å². The first-order chi connectivity index (χ1) is 13.5. The fourth-order valence-electron chi connectivity index (χ4n) is 2.70. The van der Waals surface area contributed by atoms with Gasteiger partial charge in [-0.15, -0.1) is 0 Å². The number of nitrogens with one attached hydrogen (secondary N) is 1. The Kier molecular flexibility index (Phi) is 7.85. The number of likely N-dealkylation sites (N-methyl/N-ethyl adjacent to an activating group) is 1. The fraction of sp³-hybridized carbons (Fsp3) is 0.364. The van der Waals surface area contributed by atoms with Gasteiger partial charge >= 0.3 is 5.97 Å². The Morgan fingerprint density at radius 2 is 1.93 bits per heavy atom. The molecule has 6 nitrogen and oxygen atoms in total. The first-order valence-electron chi connectivity index (χ1n) is 9.23. The number of ether oxygens (including phenoxy) is 2. The van der Waals surface area contributed by atoms with Gasteiger partial charge in [0.1, 0.15) is 12.4 Å². The number of hydrogen-bond acceptors (Lipinski definition) is 6. The number of hydrogen-bond donors (Lipinski definition) is 1. The summed E-state index contributed by atoms with van der Waals surface area (Å²) in [5.41, 5.74) is 3.11. The van der Waals surface area contributed by atoms with Crippen molar-refractivity contribution in [3.05, 3.63) is 59.2 Å². The van der Waals surface area contributed by atoms with Crippen molar-refractivity contribution in [2.45, 2.75) is 19.4 Å². The lowest BCUT2D eigenvalue weighted by molar-refractivity contribution is -0.141. The van der Waals surface area contributed by atoms with Crippen LogP contribution in [-0.4, -0.2) is 45.2 Å². The average Bonchev–Trinajstić information content (AvgIpc) is 2.72. The molecule has 0 aromatic heterocycles. The molecule has 0 saturated carbocycles. The maximum Gasteiger partial charge on any atom is 0.333 e. The van der Waals surface area contributed by atoms with Gasteiger partial charge in [-0.2, -0.15) is 5.26 Å². The number of rotatable bonds is 9. The van der Waals surface area contributed by atoms with E-state index >= 15 is 0 Å². The van der Waals surface area contributed by atoms with E-state index in [9.17, 15) is 4.79 Å². The van der Waals surface area contributed by atoms with Crippen molar-refractivity contribution >= 4 is 11.7 Å². The summed E-state index contributed by atoms with van der Waals surface area (Å²) < 4.78 is 11.0. The lowest BCUT2D eigenvalue weighted by Crippen LogP contribution is -2.24. The molecule has 2 rings (SSSR count). The second-order valence-electron chi connectivity index (χ2n) is 6.67. The lowest BCUT2D eigenvalue weighted by atomic mass is 10.0.